The fraction of sp³-hybridized carbons (Fsp3) is 0.286. The first-order valence-electron chi connectivity index (χ1n) is 9.55. The van der Waals surface area contributed by atoms with Gasteiger partial charge in [0.15, 0.2) is 0 Å². The van der Waals surface area contributed by atoms with Crippen LogP contribution in [0.4, 0.5) is 11.4 Å². The minimum atomic E-state index is -0.489. The minimum absolute atomic E-state index is 0.00760. The van der Waals surface area contributed by atoms with Gasteiger partial charge in [-0.2, -0.15) is 5.26 Å². The third kappa shape index (κ3) is 3.69. The van der Waals surface area contributed by atoms with E-state index in [0.29, 0.717) is 22.7 Å². The molecule has 0 bridgehead atoms. The summed E-state index contributed by atoms with van der Waals surface area (Å²) in [7, 11) is 0. The summed E-state index contributed by atoms with van der Waals surface area (Å²) in [6, 6.07) is 9.41. The lowest BCUT2D eigenvalue weighted by Crippen LogP contribution is -2.01. The Labute approximate surface area is 176 Å². The molecule has 0 spiro atoms. The van der Waals surface area contributed by atoms with Crippen LogP contribution in [0.25, 0.3) is 11.3 Å². The predicted octanol–water partition coefficient (Wildman–Crippen LogP) is 4.73. The highest BCUT2D eigenvalue weighted by Gasteiger charge is 2.27. The molecule has 152 valence electrons. The maximum absolute atomic E-state index is 13.0. The number of carbonyl (C=O) groups is 1. The van der Waals surface area contributed by atoms with Crippen molar-refractivity contribution in [2.45, 2.75) is 32.1 Å². The first kappa shape index (κ1) is 19.8. The smallest absolute Gasteiger partial charge is 0.269 e. The second-order valence-corrected chi connectivity index (χ2v) is 8.42. The van der Waals surface area contributed by atoms with Crippen molar-refractivity contribution in [2.24, 2.45) is 5.92 Å². The summed E-state index contributed by atoms with van der Waals surface area (Å²) < 4.78 is 5.22. The third-order valence-corrected chi connectivity index (χ3v) is 6.62. The lowest BCUT2D eigenvalue weighted by atomic mass is 10.0. The van der Waals surface area contributed by atoms with Gasteiger partial charge in [0.25, 0.3) is 5.69 Å². The molecule has 9 heteroatoms. The Morgan fingerprint density at radius 3 is 2.67 bits per heavy atom. The van der Waals surface area contributed by atoms with Crippen molar-refractivity contribution in [1.82, 2.24) is 5.16 Å². The van der Waals surface area contributed by atoms with E-state index in [1.54, 1.807) is 0 Å². The molecule has 0 atom stereocenters. The Bertz CT molecular complexity index is 1150. The number of hydrogen-bond acceptors (Lipinski definition) is 8. The highest BCUT2D eigenvalue weighted by molar-refractivity contribution is 7.15. The van der Waals surface area contributed by atoms with E-state index in [9.17, 15) is 20.2 Å². The average molecular weight is 422 g/mol. The molecular formula is C21H18N4O4S. The second kappa shape index (κ2) is 8.08. The number of nitriles is 1. The Kier molecular flexibility index (Phi) is 5.33. The van der Waals surface area contributed by atoms with Crippen molar-refractivity contribution >= 4 is 28.5 Å². The Morgan fingerprint density at radius 1 is 1.33 bits per heavy atom. The van der Waals surface area contributed by atoms with E-state index in [4.69, 9.17) is 10.3 Å². The summed E-state index contributed by atoms with van der Waals surface area (Å²) in [5.74, 6) is 0.109. The monoisotopic (exact) mass is 422 g/mol. The summed E-state index contributed by atoms with van der Waals surface area (Å²) in [6.45, 7) is 0. The number of nitrogens with two attached hydrogens (primary N) is 1. The summed E-state index contributed by atoms with van der Waals surface area (Å²) >= 11 is 1.25. The molecule has 0 amide bonds. The lowest BCUT2D eigenvalue weighted by molar-refractivity contribution is -0.384. The SMILES string of the molecule is N#Cc1c(CC2CCCC2)sc(C(=O)c2cc(-c3ccc([N+](=O)[O-])cc3)no2)c1N. The van der Waals surface area contributed by atoms with Crippen LogP contribution in [-0.4, -0.2) is 15.9 Å². The number of anilines is 1. The molecule has 1 aliphatic rings. The summed E-state index contributed by atoms with van der Waals surface area (Å²) in [4.78, 5) is 24.4. The summed E-state index contributed by atoms with van der Waals surface area (Å²) in [5, 5.41) is 24.2. The van der Waals surface area contributed by atoms with Gasteiger partial charge in [-0.05, 0) is 24.5 Å². The van der Waals surface area contributed by atoms with Gasteiger partial charge < -0.3 is 10.3 Å². The topological polar surface area (TPSA) is 136 Å². The van der Waals surface area contributed by atoms with Crippen LogP contribution in [0.1, 0.15) is 51.6 Å². The molecule has 1 saturated carbocycles. The number of carbonyl (C=O) groups excluding carboxylic acids is 1. The van der Waals surface area contributed by atoms with Crippen molar-refractivity contribution < 1.29 is 14.2 Å². The van der Waals surface area contributed by atoms with E-state index >= 15 is 0 Å². The quantitative estimate of drug-likeness (QED) is 0.344. The standard InChI is InChI=1S/C21H18N4O4S/c22-11-15-18(9-12-3-1-2-4-12)30-21(19(15)23)20(26)17-10-16(24-29-17)13-5-7-14(8-6-13)25(27)28/h5-8,10,12H,1-4,9,23H2. The van der Waals surface area contributed by atoms with Crippen LogP contribution in [0.3, 0.4) is 0 Å². The van der Waals surface area contributed by atoms with E-state index in [-0.39, 0.29) is 22.0 Å². The highest BCUT2D eigenvalue weighted by Crippen LogP contribution is 2.37. The van der Waals surface area contributed by atoms with Gasteiger partial charge in [0, 0.05) is 28.6 Å². The first-order valence-corrected chi connectivity index (χ1v) is 10.4. The molecule has 0 unspecified atom stereocenters. The molecule has 2 heterocycles. The maximum atomic E-state index is 13.0. The number of nitro benzene ring substituents is 1. The predicted molar refractivity (Wildman–Crippen MR) is 111 cm³/mol. The van der Waals surface area contributed by atoms with Crippen molar-refractivity contribution in [1.29, 1.82) is 5.26 Å². The van der Waals surface area contributed by atoms with Crippen LogP contribution in [0, 0.1) is 27.4 Å². The number of benzene rings is 1. The Hall–Kier alpha value is -3.51. The molecule has 2 aromatic heterocycles. The van der Waals surface area contributed by atoms with E-state index in [1.807, 2.05) is 0 Å². The van der Waals surface area contributed by atoms with Crippen LogP contribution < -0.4 is 5.73 Å². The van der Waals surface area contributed by atoms with Gasteiger partial charge in [-0.15, -0.1) is 11.3 Å². The number of hydrogen-bond donors (Lipinski definition) is 1. The molecule has 1 fully saturated rings. The number of nitrogen functional groups attached to an aromatic ring is 1. The van der Waals surface area contributed by atoms with Crippen LogP contribution in [0.5, 0.6) is 0 Å². The van der Waals surface area contributed by atoms with Gasteiger partial charge >= 0.3 is 0 Å². The molecule has 0 radical (unpaired) electrons. The molecule has 0 aliphatic heterocycles. The Morgan fingerprint density at radius 2 is 2.03 bits per heavy atom. The normalized spacial score (nSPS) is 14.0. The number of nitrogens with zero attached hydrogens (tertiary/aromatic N) is 3. The van der Waals surface area contributed by atoms with Crippen LogP contribution in [-0.2, 0) is 6.42 Å². The van der Waals surface area contributed by atoms with E-state index in [2.05, 4.69) is 11.2 Å². The van der Waals surface area contributed by atoms with Crippen LogP contribution in [0.2, 0.25) is 0 Å². The largest absolute Gasteiger partial charge is 0.396 e. The average Bonchev–Trinajstić information content (AvgIpc) is 3.49. The number of rotatable bonds is 6. The zero-order valence-corrected chi connectivity index (χ0v) is 16.8. The first-order chi connectivity index (χ1) is 14.5. The molecule has 0 saturated heterocycles. The number of nitro groups is 1. The molecule has 3 aromatic rings. The highest BCUT2D eigenvalue weighted by atomic mass is 32.1. The second-order valence-electron chi connectivity index (χ2n) is 7.32. The maximum Gasteiger partial charge on any atom is 0.269 e. The van der Waals surface area contributed by atoms with Crippen molar-refractivity contribution in [3.05, 3.63) is 61.5 Å². The number of non-ortho nitro benzene ring substituents is 1. The molecule has 2 N–H and O–H groups in total. The van der Waals surface area contributed by atoms with Gasteiger partial charge in [0.1, 0.15) is 16.6 Å². The van der Waals surface area contributed by atoms with Gasteiger partial charge in [0.2, 0.25) is 11.5 Å². The number of thiophene rings is 1. The zero-order valence-electron chi connectivity index (χ0n) is 16.0. The van der Waals surface area contributed by atoms with Crippen LogP contribution in [0.15, 0.2) is 34.9 Å². The third-order valence-electron chi connectivity index (χ3n) is 5.39. The van der Waals surface area contributed by atoms with Crippen LogP contribution >= 0.6 is 11.3 Å². The minimum Gasteiger partial charge on any atom is -0.396 e. The molecule has 4 rings (SSSR count). The molecule has 1 aromatic carbocycles. The molecule has 1 aliphatic carbocycles. The Balaban J connectivity index is 1.60. The fourth-order valence-corrected chi connectivity index (χ4v) is 5.02. The molecule has 8 nitrogen and oxygen atoms in total. The van der Waals surface area contributed by atoms with Gasteiger partial charge in [0.05, 0.1) is 16.2 Å². The zero-order chi connectivity index (χ0) is 21.3. The van der Waals surface area contributed by atoms with E-state index < -0.39 is 10.7 Å². The van der Waals surface area contributed by atoms with Gasteiger partial charge in [-0.3, -0.25) is 14.9 Å². The fourth-order valence-electron chi connectivity index (χ4n) is 3.79. The lowest BCUT2D eigenvalue weighted by Gasteiger charge is -2.06. The van der Waals surface area contributed by atoms with Crippen molar-refractivity contribution in [2.75, 3.05) is 5.73 Å². The molecular weight excluding hydrogens is 404 g/mol. The van der Waals surface area contributed by atoms with E-state index in [1.165, 1.54) is 54.5 Å². The molecule has 30 heavy (non-hydrogen) atoms. The van der Waals surface area contributed by atoms with Crippen molar-refractivity contribution in [3.8, 4) is 17.3 Å². The van der Waals surface area contributed by atoms with Gasteiger partial charge in [-0.1, -0.05) is 30.8 Å². The summed E-state index contributed by atoms with van der Waals surface area (Å²) in [6.07, 6.45) is 5.42. The number of aromatic nitrogens is 1. The number of ketones is 1. The van der Waals surface area contributed by atoms with E-state index in [0.717, 1.165) is 24.1 Å². The summed E-state index contributed by atoms with van der Waals surface area (Å²) in [5.41, 5.74) is 7.63. The van der Waals surface area contributed by atoms with Gasteiger partial charge in [-0.25, -0.2) is 0 Å². The van der Waals surface area contributed by atoms with Crippen molar-refractivity contribution in [3.63, 3.8) is 0 Å².